The Morgan fingerprint density at radius 2 is 2.19 bits per heavy atom. The molecule has 0 bridgehead atoms. The molecule has 6 nitrogen and oxygen atoms in total. The Bertz CT molecular complexity index is 438. The Balaban J connectivity index is 3.06. The number of non-ortho nitro benzene ring substituents is 1. The topological polar surface area (TPSA) is 92.5 Å². The van der Waals surface area contributed by atoms with Crippen molar-refractivity contribution in [3.8, 4) is 0 Å². The Kier molecular flexibility index (Phi) is 4.05. The van der Waals surface area contributed by atoms with Crippen LogP contribution in [0.15, 0.2) is 18.2 Å². The molecule has 1 aromatic carbocycles. The van der Waals surface area contributed by atoms with E-state index < -0.39 is 28.2 Å². The third-order valence-corrected chi connectivity index (χ3v) is 2.30. The molecule has 0 N–H and O–H groups in total. The molecule has 0 aliphatic rings. The van der Waals surface area contributed by atoms with Crippen molar-refractivity contribution in [2.24, 2.45) is 0 Å². The van der Waals surface area contributed by atoms with Gasteiger partial charge in [0.1, 0.15) is 5.82 Å². The molecule has 1 aromatic rings. The summed E-state index contributed by atoms with van der Waals surface area (Å²) in [5, 5.41) is 10.4. The summed E-state index contributed by atoms with van der Waals surface area (Å²) in [4.78, 5) is 9.73. The van der Waals surface area contributed by atoms with Crippen LogP contribution in [-0.2, 0) is 15.5 Å². The summed E-state index contributed by atoms with van der Waals surface area (Å²) in [5.74, 6) is -0.761. The van der Waals surface area contributed by atoms with E-state index in [1.54, 1.807) is 0 Å². The van der Waals surface area contributed by atoms with E-state index in [4.69, 9.17) is 0 Å². The zero-order chi connectivity index (χ0) is 12.3. The van der Waals surface area contributed by atoms with E-state index in [1.807, 2.05) is 0 Å². The van der Waals surface area contributed by atoms with Gasteiger partial charge in [0.2, 0.25) is 0 Å². The third-order valence-electron chi connectivity index (χ3n) is 1.85. The van der Waals surface area contributed by atoms with Crippen molar-refractivity contribution >= 4 is 17.0 Å². The van der Waals surface area contributed by atoms with Crippen molar-refractivity contribution in [3.63, 3.8) is 0 Å². The Labute approximate surface area is 92.7 Å². The quantitative estimate of drug-likeness (QED) is 0.458. The summed E-state index contributed by atoms with van der Waals surface area (Å²) < 4.78 is 38.0. The van der Waals surface area contributed by atoms with Gasteiger partial charge in [-0.25, -0.2) is 8.60 Å². The number of hydrogen-bond donors (Lipinski definition) is 0. The van der Waals surface area contributed by atoms with E-state index in [0.717, 1.165) is 18.2 Å². The van der Waals surface area contributed by atoms with Crippen LogP contribution in [0.4, 0.5) is 10.1 Å². The summed E-state index contributed by atoms with van der Waals surface area (Å²) in [6.07, 6.45) is -1.11. The molecule has 16 heavy (non-hydrogen) atoms. The number of rotatable bonds is 4. The molecule has 0 aliphatic heterocycles. The fourth-order valence-corrected chi connectivity index (χ4v) is 1.47. The summed E-state index contributed by atoms with van der Waals surface area (Å²) in [5.41, 5.74) is -0.512. The number of benzene rings is 1. The lowest BCUT2D eigenvalue weighted by Gasteiger charge is -2.14. The summed E-state index contributed by atoms with van der Waals surface area (Å²) in [6.45, 7) is 1.28. The van der Waals surface area contributed by atoms with Crippen molar-refractivity contribution in [3.05, 3.63) is 39.7 Å². The highest BCUT2D eigenvalue weighted by Crippen LogP contribution is 2.25. The molecule has 0 aromatic heterocycles. The number of hydrogen-bond acceptors (Lipinski definition) is 5. The molecular weight excluding hydrogens is 241 g/mol. The van der Waals surface area contributed by atoms with Crippen LogP contribution in [0.3, 0.4) is 0 Å². The largest absolute Gasteiger partial charge is 0.750 e. The van der Waals surface area contributed by atoms with E-state index >= 15 is 0 Å². The normalized spacial score (nSPS) is 14.4. The maximum absolute atomic E-state index is 13.2. The SMILES string of the molecule is CC(OS(=O)[O-])c1cc([N+](=O)[O-])ccc1F. The number of nitrogens with zero attached hydrogens (tertiary/aromatic N) is 1. The maximum atomic E-state index is 13.2. The van der Waals surface area contributed by atoms with Crippen molar-refractivity contribution in [1.82, 2.24) is 0 Å². The first-order valence-electron chi connectivity index (χ1n) is 4.12. The lowest BCUT2D eigenvalue weighted by Crippen LogP contribution is -2.05. The molecule has 8 heteroatoms. The molecule has 1 rings (SSSR count). The molecule has 2 unspecified atom stereocenters. The predicted molar refractivity (Wildman–Crippen MR) is 51.5 cm³/mol. The van der Waals surface area contributed by atoms with Crippen LogP contribution in [0.1, 0.15) is 18.6 Å². The standard InChI is InChI=1S/C8H8FNO5S/c1-5(15-16(13)14)7-4-6(10(11)12)2-3-8(7)9/h2-5H,1H3,(H,13,14)/p-1. The second kappa shape index (κ2) is 5.10. The van der Waals surface area contributed by atoms with Gasteiger partial charge in [-0.3, -0.25) is 14.3 Å². The first kappa shape index (κ1) is 12.7. The van der Waals surface area contributed by atoms with Gasteiger partial charge in [-0.15, -0.1) is 0 Å². The maximum Gasteiger partial charge on any atom is 0.270 e. The Morgan fingerprint density at radius 1 is 1.56 bits per heavy atom. The van der Waals surface area contributed by atoms with Crippen molar-refractivity contribution in [2.75, 3.05) is 0 Å². The molecule has 0 saturated carbocycles. The lowest BCUT2D eigenvalue weighted by atomic mass is 10.1. The van der Waals surface area contributed by atoms with Crippen LogP contribution in [-0.4, -0.2) is 13.7 Å². The fourth-order valence-electron chi connectivity index (χ4n) is 1.13. The second-order valence-corrected chi connectivity index (χ2v) is 3.51. The van der Waals surface area contributed by atoms with Crippen molar-refractivity contribution in [1.29, 1.82) is 0 Å². The second-order valence-electron chi connectivity index (χ2n) is 2.91. The number of nitro benzene ring substituents is 1. The van der Waals surface area contributed by atoms with Crippen LogP contribution in [0.2, 0.25) is 0 Å². The highest BCUT2D eigenvalue weighted by Gasteiger charge is 2.16. The van der Waals surface area contributed by atoms with Gasteiger partial charge in [-0.2, -0.15) is 0 Å². The molecule has 0 fully saturated rings. The van der Waals surface area contributed by atoms with Crippen LogP contribution in [0.25, 0.3) is 0 Å². The average Bonchev–Trinajstić information content (AvgIpc) is 2.16. The molecule has 0 spiro atoms. The van der Waals surface area contributed by atoms with Crippen LogP contribution in [0.5, 0.6) is 0 Å². The van der Waals surface area contributed by atoms with E-state index in [9.17, 15) is 23.3 Å². The average molecular weight is 248 g/mol. The van der Waals surface area contributed by atoms with E-state index in [0.29, 0.717) is 0 Å². The zero-order valence-corrected chi connectivity index (χ0v) is 8.90. The van der Waals surface area contributed by atoms with Crippen LogP contribution in [0, 0.1) is 15.9 Å². The van der Waals surface area contributed by atoms with E-state index in [1.165, 1.54) is 6.92 Å². The molecule has 0 saturated heterocycles. The molecule has 0 amide bonds. The van der Waals surface area contributed by atoms with Gasteiger partial charge in [0.25, 0.3) is 5.69 Å². The lowest BCUT2D eigenvalue weighted by molar-refractivity contribution is -0.385. The molecule has 0 aliphatic carbocycles. The molecule has 2 atom stereocenters. The Hall–Kier alpha value is -1.38. The molecule has 88 valence electrons. The monoisotopic (exact) mass is 248 g/mol. The van der Waals surface area contributed by atoms with Gasteiger partial charge in [-0.1, -0.05) is 0 Å². The smallest absolute Gasteiger partial charge is 0.270 e. The summed E-state index contributed by atoms with van der Waals surface area (Å²) >= 11 is -2.81. The van der Waals surface area contributed by atoms with E-state index in [2.05, 4.69) is 4.18 Å². The van der Waals surface area contributed by atoms with Crippen molar-refractivity contribution in [2.45, 2.75) is 13.0 Å². The molecule has 0 radical (unpaired) electrons. The molecular formula is C8H7FNO5S-. The van der Waals surface area contributed by atoms with Gasteiger partial charge in [0.05, 0.1) is 22.4 Å². The zero-order valence-electron chi connectivity index (χ0n) is 8.08. The van der Waals surface area contributed by atoms with Gasteiger partial charge in [0, 0.05) is 17.7 Å². The van der Waals surface area contributed by atoms with Crippen molar-refractivity contribution < 1.29 is 22.3 Å². The highest BCUT2D eigenvalue weighted by atomic mass is 32.2. The summed E-state index contributed by atoms with van der Waals surface area (Å²) in [6, 6.07) is 2.81. The van der Waals surface area contributed by atoms with E-state index in [-0.39, 0.29) is 11.3 Å². The minimum atomic E-state index is -2.81. The minimum Gasteiger partial charge on any atom is -0.750 e. The highest BCUT2D eigenvalue weighted by molar-refractivity contribution is 7.74. The minimum absolute atomic E-state index is 0.182. The number of nitro groups is 1. The van der Waals surface area contributed by atoms with Gasteiger partial charge < -0.3 is 4.55 Å². The van der Waals surface area contributed by atoms with Crippen LogP contribution >= 0.6 is 0 Å². The Morgan fingerprint density at radius 3 is 2.69 bits per heavy atom. The van der Waals surface area contributed by atoms with Gasteiger partial charge >= 0.3 is 0 Å². The first-order valence-corrected chi connectivity index (χ1v) is 5.12. The molecule has 0 heterocycles. The van der Waals surface area contributed by atoms with Crippen LogP contribution < -0.4 is 0 Å². The predicted octanol–water partition coefficient (Wildman–Crippen LogP) is 1.61. The first-order chi connectivity index (χ1) is 7.41. The van der Waals surface area contributed by atoms with Gasteiger partial charge in [-0.05, 0) is 13.0 Å². The number of halogens is 1. The third kappa shape index (κ3) is 3.05. The van der Waals surface area contributed by atoms with Gasteiger partial charge in [0.15, 0.2) is 0 Å². The fraction of sp³-hybridized carbons (Fsp3) is 0.250. The summed E-state index contributed by atoms with van der Waals surface area (Å²) in [7, 11) is 0.